The molecule has 11 heteroatoms. The van der Waals surface area contributed by atoms with Gasteiger partial charge in [0, 0.05) is 4.47 Å². The molecule has 0 heterocycles. The molecular formula is C9H2BrF9O. The molecule has 20 heavy (non-hydrogen) atoms. The smallest absolute Gasteiger partial charge is 0.405 e. The largest absolute Gasteiger partial charge is 0.573 e. The van der Waals surface area contributed by atoms with Gasteiger partial charge < -0.3 is 4.74 Å². The van der Waals surface area contributed by atoms with Crippen LogP contribution in [0.15, 0.2) is 16.6 Å². The van der Waals surface area contributed by atoms with Crippen molar-refractivity contribution in [2.75, 3.05) is 0 Å². The molecule has 0 amide bonds. The first kappa shape index (κ1) is 16.9. The van der Waals surface area contributed by atoms with Gasteiger partial charge in [-0.25, -0.2) is 0 Å². The number of hydrogen-bond donors (Lipinski definition) is 0. The third-order valence-corrected chi connectivity index (χ3v) is 2.52. The predicted octanol–water partition coefficient (Wildman–Crippen LogP) is 5.39. The van der Waals surface area contributed by atoms with Crippen LogP contribution in [0.5, 0.6) is 5.75 Å². The van der Waals surface area contributed by atoms with E-state index in [1.807, 2.05) is 0 Å². The van der Waals surface area contributed by atoms with Crippen LogP contribution in [0.25, 0.3) is 0 Å². The van der Waals surface area contributed by atoms with Crippen molar-refractivity contribution >= 4 is 15.9 Å². The van der Waals surface area contributed by atoms with Gasteiger partial charge in [0.05, 0.1) is 5.56 Å². The van der Waals surface area contributed by atoms with E-state index in [0.29, 0.717) is 0 Å². The molecule has 0 spiro atoms. The maximum Gasteiger partial charge on any atom is 0.573 e. The van der Waals surface area contributed by atoms with E-state index in [-0.39, 0.29) is 12.1 Å². The zero-order chi connectivity index (χ0) is 15.9. The van der Waals surface area contributed by atoms with Crippen LogP contribution < -0.4 is 4.74 Å². The van der Waals surface area contributed by atoms with Crippen LogP contribution in [0.3, 0.4) is 0 Å². The Kier molecular flexibility index (Phi) is 4.24. The maximum absolute atomic E-state index is 12.6. The Balaban J connectivity index is 3.53. The molecule has 1 rings (SSSR count). The molecule has 0 aliphatic carbocycles. The Morgan fingerprint density at radius 1 is 0.800 bits per heavy atom. The molecule has 1 aromatic rings. The van der Waals surface area contributed by atoms with Crippen LogP contribution in [0.2, 0.25) is 0 Å². The van der Waals surface area contributed by atoms with Gasteiger partial charge >= 0.3 is 18.7 Å². The Morgan fingerprint density at radius 2 is 1.30 bits per heavy atom. The lowest BCUT2D eigenvalue weighted by Crippen LogP contribution is -2.21. The lowest BCUT2D eigenvalue weighted by Gasteiger charge is -2.18. The van der Waals surface area contributed by atoms with E-state index in [1.165, 1.54) is 0 Å². The number of halogens is 10. The van der Waals surface area contributed by atoms with Crippen LogP contribution >= 0.6 is 15.9 Å². The molecule has 0 saturated carbocycles. The van der Waals surface area contributed by atoms with Crippen molar-refractivity contribution < 1.29 is 44.3 Å². The van der Waals surface area contributed by atoms with Gasteiger partial charge in [0.2, 0.25) is 0 Å². The summed E-state index contributed by atoms with van der Waals surface area (Å²) in [6, 6.07) is -0.340. The van der Waals surface area contributed by atoms with Gasteiger partial charge in [0.25, 0.3) is 0 Å². The van der Waals surface area contributed by atoms with Gasteiger partial charge in [-0.2, -0.15) is 26.3 Å². The molecule has 0 atom stereocenters. The molecule has 0 aliphatic rings. The molecule has 0 aromatic heterocycles. The fourth-order valence-corrected chi connectivity index (χ4v) is 1.89. The highest BCUT2D eigenvalue weighted by Gasteiger charge is 2.43. The molecule has 0 N–H and O–H groups in total. The molecule has 0 unspecified atom stereocenters. The average molecular weight is 377 g/mol. The summed E-state index contributed by atoms with van der Waals surface area (Å²) in [6.07, 6.45) is -16.0. The Labute approximate surface area is 113 Å². The first-order valence-electron chi connectivity index (χ1n) is 4.45. The van der Waals surface area contributed by atoms with Crippen LogP contribution in [-0.4, -0.2) is 6.36 Å². The summed E-state index contributed by atoms with van der Waals surface area (Å²) in [4.78, 5) is 0. The molecule has 1 nitrogen and oxygen atoms in total. The van der Waals surface area contributed by atoms with Crippen molar-refractivity contribution in [1.82, 2.24) is 0 Å². The minimum Gasteiger partial charge on any atom is -0.405 e. The summed E-state index contributed by atoms with van der Waals surface area (Å²) in [5.74, 6) is -1.98. The van der Waals surface area contributed by atoms with Crippen molar-refractivity contribution in [3.8, 4) is 5.75 Å². The average Bonchev–Trinajstić information content (AvgIpc) is 2.09. The second kappa shape index (κ2) is 5.01. The Hall–Kier alpha value is -1.13. The van der Waals surface area contributed by atoms with E-state index < -0.39 is 40.1 Å². The second-order valence-electron chi connectivity index (χ2n) is 3.37. The Morgan fingerprint density at radius 3 is 1.65 bits per heavy atom. The monoisotopic (exact) mass is 376 g/mol. The van der Waals surface area contributed by atoms with Crippen LogP contribution in [0, 0.1) is 0 Å². The third-order valence-electron chi connectivity index (χ3n) is 1.89. The molecule has 0 radical (unpaired) electrons. The van der Waals surface area contributed by atoms with Crippen LogP contribution in [0.4, 0.5) is 39.5 Å². The van der Waals surface area contributed by atoms with Crippen molar-refractivity contribution in [2.24, 2.45) is 0 Å². The lowest BCUT2D eigenvalue weighted by atomic mass is 10.1. The zero-order valence-corrected chi connectivity index (χ0v) is 10.4. The highest BCUT2D eigenvalue weighted by molar-refractivity contribution is 9.10. The van der Waals surface area contributed by atoms with Gasteiger partial charge in [-0.3, -0.25) is 0 Å². The zero-order valence-electron chi connectivity index (χ0n) is 8.84. The lowest BCUT2D eigenvalue weighted by molar-refractivity contribution is -0.276. The van der Waals surface area contributed by atoms with Crippen molar-refractivity contribution in [3.63, 3.8) is 0 Å². The molecule has 0 fully saturated rings. The van der Waals surface area contributed by atoms with Gasteiger partial charge in [-0.05, 0) is 12.1 Å². The van der Waals surface area contributed by atoms with Crippen LogP contribution in [0.1, 0.15) is 11.1 Å². The summed E-state index contributed by atoms with van der Waals surface area (Å²) in [5.41, 5.74) is -3.69. The number of hydrogen-bond acceptors (Lipinski definition) is 1. The van der Waals surface area contributed by atoms with Gasteiger partial charge in [-0.15, -0.1) is 13.2 Å². The van der Waals surface area contributed by atoms with E-state index in [2.05, 4.69) is 20.7 Å². The van der Waals surface area contributed by atoms with Crippen molar-refractivity contribution in [2.45, 2.75) is 18.7 Å². The molecule has 1 aromatic carbocycles. The van der Waals surface area contributed by atoms with E-state index in [4.69, 9.17) is 0 Å². The van der Waals surface area contributed by atoms with E-state index in [1.54, 1.807) is 0 Å². The molecule has 0 aliphatic heterocycles. The molecule has 0 bridgehead atoms. The fourth-order valence-electron chi connectivity index (χ4n) is 1.23. The first-order valence-corrected chi connectivity index (χ1v) is 5.25. The van der Waals surface area contributed by atoms with Crippen LogP contribution in [-0.2, 0) is 12.4 Å². The minimum absolute atomic E-state index is 0.0199. The van der Waals surface area contributed by atoms with Crippen molar-refractivity contribution in [3.05, 3.63) is 27.7 Å². The minimum atomic E-state index is -5.57. The predicted molar refractivity (Wildman–Crippen MR) is 50.8 cm³/mol. The van der Waals surface area contributed by atoms with Crippen molar-refractivity contribution in [1.29, 1.82) is 0 Å². The molecule has 0 saturated heterocycles. The standard InChI is InChI=1S/C9H2BrF9O/c10-4-1-3(7(11,12)13)2-5(20-9(17,18)19)6(4)8(14,15)16/h1-2H. The van der Waals surface area contributed by atoms with Gasteiger partial charge in [0.15, 0.2) is 0 Å². The molecule has 114 valence electrons. The topological polar surface area (TPSA) is 9.23 Å². The first-order chi connectivity index (χ1) is 8.72. The molecular weight excluding hydrogens is 375 g/mol. The number of benzene rings is 1. The number of rotatable bonds is 1. The fraction of sp³-hybridized carbons (Fsp3) is 0.333. The summed E-state index contributed by atoms with van der Waals surface area (Å²) in [6.45, 7) is 0. The third kappa shape index (κ3) is 4.18. The van der Waals surface area contributed by atoms with E-state index >= 15 is 0 Å². The quantitative estimate of drug-likeness (QED) is 0.597. The summed E-state index contributed by atoms with van der Waals surface area (Å²) in [5, 5.41) is 0. The highest BCUT2D eigenvalue weighted by Crippen LogP contribution is 2.45. The summed E-state index contributed by atoms with van der Waals surface area (Å²) < 4.78 is 113. The van der Waals surface area contributed by atoms with E-state index in [0.717, 1.165) is 0 Å². The van der Waals surface area contributed by atoms with Gasteiger partial charge in [-0.1, -0.05) is 15.9 Å². The van der Waals surface area contributed by atoms with Gasteiger partial charge in [0.1, 0.15) is 11.3 Å². The number of alkyl halides is 9. The normalized spacial score (nSPS) is 13.5. The second-order valence-corrected chi connectivity index (χ2v) is 4.23. The Bertz CT molecular complexity index is 500. The SMILES string of the molecule is FC(F)(F)Oc1cc(C(F)(F)F)cc(Br)c1C(F)(F)F. The summed E-state index contributed by atoms with van der Waals surface area (Å²) in [7, 11) is 0. The van der Waals surface area contributed by atoms with E-state index in [9.17, 15) is 39.5 Å². The summed E-state index contributed by atoms with van der Waals surface area (Å²) >= 11 is 2.17. The number of ether oxygens (including phenoxy) is 1. The maximum atomic E-state index is 12.6. The highest BCUT2D eigenvalue weighted by atomic mass is 79.9.